The molecule has 1 rings (SSSR count). The second-order valence-electron chi connectivity index (χ2n) is 3.12. The van der Waals surface area contributed by atoms with E-state index in [2.05, 4.69) is 5.32 Å². The van der Waals surface area contributed by atoms with E-state index in [1.807, 2.05) is 0 Å². The summed E-state index contributed by atoms with van der Waals surface area (Å²) in [4.78, 5) is 11.6. The topological polar surface area (TPSA) is 47.6 Å². The summed E-state index contributed by atoms with van der Waals surface area (Å²) in [5.41, 5.74) is 0.551. The van der Waals surface area contributed by atoms with Crippen LogP contribution < -0.4 is 5.32 Å². The molecule has 1 aromatic rings. The molecule has 4 nitrogen and oxygen atoms in total. The average molecular weight is 244 g/mol. The number of methoxy groups -OCH3 is 2. The first-order valence-electron chi connectivity index (χ1n) is 4.76. The molecule has 1 N–H and O–H groups in total. The Labute approximate surface area is 99.5 Å². The van der Waals surface area contributed by atoms with Crippen LogP contribution in [0.5, 0.6) is 0 Å². The summed E-state index contributed by atoms with van der Waals surface area (Å²) >= 11 is 5.72. The molecule has 1 aromatic carbocycles. The highest BCUT2D eigenvalue weighted by atomic mass is 35.5. The van der Waals surface area contributed by atoms with Crippen LogP contribution in [0.2, 0.25) is 5.02 Å². The highest BCUT2D eigenvalue weighted by Crippen LogP contribution is 2.09. The zero-order valence-corrected chi connectivity index (χ0v) is 9.95. The first-order valence-corrected chi connectivity index (χ1v) is 5.14. The molecule has 0 saturated heterocycles. The maximum atomic E-state index is 11.6. The lowest BCUT2D eigenvalue weighted by Crippen LogP contribution is -2.34. The van der Waals surface area contributed by atoms with Crippen LogP contribution in [0.25, 0.3) is 0 Å². The van der Waals surface area contributed by atoms with Gasteiger partial charge in [-0.2, -0.15) is 0 Å². The summed E-state index contributed by atoms with van der Waals surface area (Å²) in [7, 11) is 3.03. The van der Waals surface area contributed by atoms with Crippen molar-refractivity contribution >= 4 is 17.5 Å². The maximum absolute atomic E-state index is 11.6. The molecular formula is C11H14ClNO3. The van der Waals surface area contributed by atoms with Gasteiger partial charge in [-0.3, -0.25) is 4.79 Å². The van der Waals surface area contributed by atoms with Crippen LogP contribution in [0.3, 0.4) is 0 Å². The molecule has 0 heterocycles. The van der Waals surface area contributed by atoms with Gasteiger partial charge in [0.2, 0.25) is 0 Å². The van der Waals surface area contributed by atoms with Crippen molar-refractivity contribution in [3.63, 3.8) is 0 Å². The SMILES string of the molecule is COC(CNC(=O)c1ccc(Cl)cc1)OC. The van der Waals surface area contributed by atoms with Gasteiger partial charge in [-0.05, 0) is 24.3 Å². The molecule has 16 heavy (non-hydrogen) atoms. The van der Waals surface area contributed by atoms with Crippen molar-refractivity contribution in [1.29, 1.82) is 0 Å². The zero-order valence-electron chi connectivity index (χ0n) is 9.20. The molecule has 5 heteroatoms. The Kier molecular flexibility index (Phi) is 5.25. The van der Waals surface area contributed by atoms with Gasteiger partial charge in [-0.15, -0.1) is 0 Å². The highest BCUT2D eigenvalue weighted by Gasteiger charge is 2.09. The third-order valence-electron chi connectivity index (χ3n) is 2.06. The molecule has 0 atom stereocenters. The zero-order chi connectivity index (χ0) is 12.0. The van der Waals surface area contributed by atoms with E-state index in [1.54, 1.807) is 24.3 Å². The standard InChI is InChI=1S/C11H14ClNO3/c1-15-10(16-2)7-13-11(14)8-3-5-9(12)6-4-8/h3-6,10H,7H2,1-2H3,(H,13,14). The lowest BCUT2D eigenvalue weighted by atomic mass is 10.2. The minimum atomic E-state index is -0.434. The van der Waals surface area contributed by atoms with Gasteiger partial charge in [0.15, 0.2) is 6.29 Å². The monoisotopic (exact) mass is 243 g/mol. The number of hydrogen-bond acceptors (Lipinski definition) is 3. The van der Waals surface area contributed by atoms with E-state index in [9.17, 15) is 4.79 Å². The fourth-order valence-electron chi connectivity index (χ4n) is 1.14. The first-order chi connectivity index (χ1) is 7.67. The molecule has 0 radical (unpaired) electrons. The van der Waals surface area contributed by atoms with Gasteiger partial charge in [-0.1, -0.05) is 11.6 Å². The van der Waals surface area contributed by atoms with Crippen molar-refractivity contribution in [3.05, 3.63) is 34.9 Å². The normalized spacial score (nSPS) is 10.5. The van der Waals surface area contributed by atoms with E-state index >= 15 is 0 Å². The average Bonchev–Trinajstić information content (AvgIpc) is 2.31. The van der Waals surface area contributed by atoms with Crippen LogP contribution in [0.1, 0.15) is 10.4 Å². The molecule has 1 amide bonds. The summed E-state index contributed by atoms with van der Waals surface area (Å²) in [6.45, 7) is 0.300. The summed E-state index contributed by atoms with van der Waals surface area (Å²) < 4.78 is 9.89. The Balaban J connectivity index is 2.49. The fourth-order valence-corrected chi connectivity index (χ4v) is 1.27. The predicted octanol–water partition coefficient (Wildman–Crippen LogP) is 1.69. The molecule has 0 aliphatic rings. The maximum Gasteiger partial charge on any atom is 0.251 e. The number of hydrogen-bond donors (Lipinski definition) is 1. The van der Waals surface area contributed by atoms with E-state index in [1.165, 1.54) is 14.2 Å². The third kappa shape index (κ3) is 3.81. The van der Waals surface area contributed by atoms with Crippen molar-refractivity contribution < 1.29 is 14.3 Å². The van der Waals surface area contributed by atoms with Crippen LogP contribution in [0.15, 0.2) is 24.3 Å². The van der Waals surface area contributed by atoms with Crippen LogP contribution >= 0.6 is 11.6 Å². The number of ether oxygens (including phenoxy) is 2. The van der Waals surface area contributed by atoms with Gasteiger partial charge in [-0.25, -0.2) is 0 Å². The molecule has 0 spiro atoms. The largest absolute Gasteiger partial charge is 0.354 e. The van der Waals surface area contributed by atoms with Crippen molar-refractivity contribution in [2.24, 2.45) is 0 Å². The van der Waals surface area contributed by atoms with Crippen molar-refractivity contribution in [3.8, 4) is 0 Å². The number of carbonyl (C=O) groups excluding carboxylic acids is 1. The van der Waals surface area contributed by atoms with Crippen LogP contribution in [0.4, 0.5) is 0 Å². The lowest BCUT2D eigenvalue weighted by Gasteiger charge is -2.13. The van der Waals surface area contributed by atoms with Gasteiger partial charge in [0, 0.05) is 24.8 Å². The number of rotatable bonds is 5. The molecule has 0 aliphatic heterocycles. The van der Waals surface area contributed by atoms with Crippen molar-refractivity contribution in [2.75, 3.05) is 20.8 Å². The second kappa shape index (κ2) is 6.48. The lowest BCUT2D eigenvalue weighted by molar-refractivity contribution is -0.0974. The highest BCUT2D eigenvalue weighted by molar-refractivity contribution is 6.30. The van der Waals surface area contributed by atoms with E-state index in [-0.39, 0.29) is 5.91 Å². The van der Waals surface area contributed by atoms with Gasteiger partial charge in [0.05, 0.1) is 6.54 Å². The summed E-state index contributed by atoms with van der Waals surface area (Å²) in [6, 6.07) is 6.65. The van der Waals surface area contributed by atoms with Crippen LogP contribution in [-0.4, -0.2) is 33.0 Å². The van der Waals surface area contributed by atoms with Crippen LogP contribution in [-0.2, 0) is 9.47 Å². The third-order valence-corrected chi connectivity index (χ3v) is 2.31. The predicted molar refractivity (Wildman–Crippen MR) is 61.6 cm³/mol. The number of amides is 1. The van der Waals surface area contributed by atoms with Gasteiger partial charge in [0.25, 0.3) is 5.91 Å². The smallest absolute Gasteiger partial charge is 0.251 e. The second-order valence-corrected chi connectivity index (χ2v) is 3.55. The molecule has 88 valence electrons. The molecule has 0 unspecified atom stereocenters. The summed E-state index contributed by atoms with van der Waals surface area (Å²) in [6.07, 6.45) is -0.434. The molecule has 0 bridgehead atoms. The quantitative estimate of drug-likeness (QED) is 0.801. The fraction of sp³-hybridized carbons (Fsp3) is 0.364. The van der Waals surface area contributed by atoms with Crippen LogP contribution in [0, 0.1) is 0 Å². The minimum Gasteiger partial charge on any atom is -0.354 e. The summed E-state index contributed by atoms with van der Waals surface area (Å²) in [5.74, 6) is -0.184. The van der Waals surface area contributed by atoms with Crippen molar-refractivity contribution in [2.45, 2.75) is 6.29 Å². The Morgan fingerprint density at radius 2 is 1.88 bits per heavy atom. The van der Waals surface area contributed by atoms with E-state index in [0.717, 1.165) is 0 Å². The molecule has 0 aliphatic carbocycles. The van der Waals surface area contributed by atoms with E-state index < -0.39 is 6.29 Å². The van der Waals surface area contributed by atoms with Crippen molar-refractivity contribution in [1.82, 2.24) is 5.32 Å². The molecule has 0 saturated carbocycles. The Morgan fingerprint density at radius 1 is 1.31 bits per heavy atom. The summed E-state index contributed by atoms with van der Waals surface area (Å²) in [5, 5.41) is 3.29. The van der Waals surface area contributed by atoms with Gasteiger partial charge >= 0.3 is 0 Å². The number of benzene rings is 1. The van der Waals surface area contributed by atoms with Gasteiger partial charge in [0.1, 0.15) is 0 Å². The number of nitrogens with one attached hydrogen (secondary N) is 1. The van der Waals surface area contributed by atoms with E-state index in [0.29, 0.717) is 17.1 Å². The van der Waals surface area contributed by atoms with E-state index in [4.69, 9.17) is 21.1 Å². The molecule has 0 aromatic heterocycles. The number of carbonyl (C=O) groups is 1. The Bertz CT molecular complexity index is 336. The molecular weight excluding hydrogens is 230 g/mol. The Morgan fingerprint density at radius 3 is 2.38 bits per heavy atom. The Hall–Kier alpha value is -1.10. The number of halogens is 1. The molecule has 0 fully saturated rings. The van der Waals surface area contributed by atoms with Gasteiger partial charge < -0.3 is 14.8 Å². The first kappa shape index (κ1) is 13.0. The minimum absolute atomic E-state index is 0.184.